The summed E-state index contributed by atoms with van der Waals surface area (Å²) in [7, 11) is 0. The Balaban J connectivity index is 1.75. The Labute approximate surface area is 134 Å². The summed E-state index contributed by atoms with van der Waals surface area (Å²) >= 11 is 7.51. The van der Waals surface area contributed by atoms with Gasteiger partial charge in [-0.25, -0.2) is 4.79 Å². The molecule has 0 aliphatic carbocycles. The lowest BCUT2D eigenvalue weighted by atomic mass is 10.2. The Morgan fingerprint density at radius 3 is 1.90 bits per heavy atom. The van der Waals surface area contributed by atoms with Gasteiger partial charge in [-0.3, -0.25) is 0 Å². The molecule has 21 heavy (non-hydrogen) atoms. The van der Waals surface area contributed by atoms with Crippen LogP contribution in [0.3, 0.4) is 0 Å². The van der Waals surface area contributed by atoms with Gasteiger partial charge >= 0.3 is 6.03 Å². The summed E-state index contributed by atoms with van der Waals surface area (Å²) in [6.45, 7) is 0.996. The van der Waals surface area contributed by atoms with Crippen LogP contribution in [0.2, 0.25) is 5.02 Å². The third-order valence-electron chi connectivity index (χ3n) is 2.98. The molecule has 0 fully saturated rings. The zero-order valence-corrected chi connectivity index (χ0v) is 13.3. The maximum absolute atomic E-state index is 11.7. The van der Waals surface area contributed by atoms with E-state index < -0.39 is 0 Å². The van der Waals surface area contributed by atoms with Crippen LogP contribution in [-0.2, 0) is 13.1 Å². The van der Waals surface area contributed by atoms with Crippen LogP contribution >= 0.6 is 23.4 Å². The zero-order chi connectivity index (χ0) is 15.1. The fourth-order valence-corrected chi connectivity index (χ4v) is 2.31. The Hall–Kier alpha value is -1.65. The first-order chi connectivity index (χ1) is 10.2. The average molecular weight is 321 g/mol. The van der Waals surface area contributed by atoms with Gasteiger partial charge in [-0.1, -0.05) is 35.9 Å². The number of hydrogen-bond donors (Lipinski definition) is 2. The largest absolute Gasteiger partial charge is 0.334 e. The lowest BCUT2D eigenvalue weighted by Gasteiger charge is -2.08. The lowest BCUT2D eigenvalue weighted by Crippen LogP contribution is -2.34. The number of thioether (sulfide) groups is 1. The van der Waals surface area contributed by atoms with Gasteiger partial charge in [0.1, 0.15) is 0 Å². The molecule has 2 aromatic carbocycles. The molecule has 2 amide bonds. The highest BCUT2D eigenvalue weighted by Gasteiger charge is 2.01. The monoisotopic (exact) mass is 320 g/mol. The molecule has 2 N–H and O–H groups in total. The van der Waals surface area contributed by atoms with Gasteiger partial charge < -0.3 is 10.6 Å². The maximum atomic E-state index is 11.7. The van der Waals surface area contributed by atoms with Crippen LogP contribution in [-0.4, -0.2) is 12.3 Å². The topological polar surface area (TPSA) is 41.1 Å². The summed E-state index contributed by atoms with van der Waals surface area (Å²) in [4.78, 5) is 12.9. The highest BCUT2D eigenvalue weighted by Crippen LogP contribution is 2.14. The van der Waals surface area contributed by atoms with E-state index in [1.807, 2.05) is 54.8 Å². The van der Waals surface area contributed by atoms with Crippen molar-refractivity contribution in [1.29, 1.82) is 0 Å². The van der Waals surface area contributed by atoms with E-state index in [1.54, 1.807) is 11.8 Å². The molecule has 0 bridgehead atoms. The summed E-state index contributed by atoms with van der Waals surface area (Å²) in [5.41, 5.74) is 2.09. The molecule has 2 aromatic rings. The first-order valence-electron chi connectivity index (χ1n) is 6.56. The first kappa shape index (κ1) is 15.7. The standard InChI is InChI=1S/C16H17ClN2OS/c1-21-15-8-4-13(5-9-15)11-19-16(20)18-10-12-2-6-14(17)7-3-12/h2-9H,10-11H2,1H3,(H2,18,19,20). The number of rotatable bonds is 5. The van der Waals surface area contributed by atoms with Crippen molar-refractivity contribution in [3.05, 3.63) is 64.7 Å². The molecule has 0 spiro atoms. The number of benzene rings is 2. The van der Waals surface area contributed by atoms with Crippen molar-refractivity contribution in [3.63, 3.8) is 0 Å². The van der Waals surface area contributed by atoms with Gasteiger partial charge in [-0.15, -0.1) is 11.8 Å². The van der Waals surface area contributed by atoms with Gasteiger partial charge in [0.05, 0.1) is 0 Å². The van der Waals surface area contributed by atoms with Gasteiger partial charge in [-0.05, 0) is 41.6 Å². The molecule has 0 heterocycles. The molecule has 0 aromatic heterocycles. The fourth-order valence-electron chi connectivity index (χ4n) is 1.77. The average Bonchev–Trinajstić information content (AvgIpc) is 2.53. The zero-order valence-electron chi connectivity index (χ0n) is 11.7. The summed E-state index contributed by atoms with van der Waals surface area (Å²) in [5, 5.41) is 6.34. The van der Waals surface area contributed by atoms with Gasteiger partial charge in [0, 0.05) is 23.0 Å². The van der Waals surface area contributed by atoms with E-state index in [-0.39, 0.29) is 6.03 Å². The summed E-state index contributed by atoms with van der Waals surface area (Å²) < 4.78 is 0. The molecule has 0 saturated carbocycles. The van der Waals surface area contributed by atoms with Crippen LogP contribution in [0.4, 0.5) is 4.79 Å². The molecular weight excluding hydrogens is 304 g/mol. The quantitative estimate of drug-likeness (QED) is 0.816. The van der Waals surface area contributed by atoms with E-state index in [4.69, 9.17) is 11.6 Å². The van der Waals surface area contributed by atoms with Crippen LogP contribution in [0.5, 0.6) is 0 Å². The van der Waals surface area contributed by atoms with Crippen molar-refractivity contribution in [1.82, 2.24) is 10.6 Å². The van der Waals surface area contributed by atoms with Crippen LogP contribution in [0, 0.1) is 0 Å². The molecule has 0 atom stereocenters. The number of nitrogens with one attached hydrogen (secondary N) is 2. The Morgan fingerprint density at radius 2 is 1.43 bits per heavy atom. The molecule has 0 aliphatic heterocycles. The van der Waals surface area contributed by atoms with Crippen molar-refractivity contribution in [3.8, 4) is 0 Å². The van der Waals surface area contributed by atoms with E-state index >= 15 is 0 Å². The van der Waals surface area contributed by atoms with Gasteiger partial charge in [0.15, 0.2) is 0 Å². The van der Waals surface area contributed by atoms with E-state index in [0.29, 0.717) is 18.1 Å². The van der Waals surface area contributed by atoms with Crippen molar-refractivity contribution in [2.24, 2.45) is 0 Å². The van der Waals surface area contributed by atoms with Crippen LogP contribution in [0.1, 0.15) is 11.1 Å². The van der Waals surface area contributed by atoms with Crippen molar-refractivity contribution >= 4 is 29.4 Å². The van der Waals surface area contributed by atoms with Gasteiger partial charge in [-0.2, -0.15) is 0 Å². The second-order valence-corrected chi connectivity index (χ2v) is 5.83. The molecule has 0 unspecified atom stereocenters. The normalized spacial score (nSPS) is 10.2. The molecule has 0 radical (unpaired) electrons. The SMILES string of the molecule is CSc1ccc(CNC(=O)NCc2ccc(Cl)cc2)cc1. The fraction of sp³-hybridized carbons (Fsp3) is 0.188. The smallest absolute Gasteiger partial charge is 0.315 e. The summed E-state index contributed by atoms with van der Waals surface area (Å²) in [6, 6.07) is 15.4. The molecule has 2 rings (SSSR count). The lowest BCUT2D eigenvalue weighted by molar-refractivity contribution is 0.240. The number of urea groups is 1. The van der Waals surface area contributed by atoms with Crippen LogP contribution in [0.25, 0.3) is 0 Å². The molecule has 0 saturated heterocycles. The minimum atomic E-state index is -0.182. The minimum Gasteiger partial charge on any atom is -0.334 e. The minimum absolute atomic E-state index is 0.182. The predicted molar refractivity (Wildman–Crippen MR) is 88.8 cm³/mol. The molecule has 5 heteroatoms. The highest BCUT2D eigenvalue weighted by molar-refractivity contribution is 7.98. The third kappa shape index (κ3) is 5.33. The number of carbonyl (C=O) groups excluding carboxylic acids is 1. The Bertz CT molecular complexity index is 584. The van der Waals surface area contributed by atoms with Gasteiger partial charge in [0.2, 0.25) is 0 Å². The molecule has 0 aliphatic rings. The Morgan fingerprint density at radius 1 is 0.952 bits per heavy atom. The van der Waals surface area contributed by atoms with E-state index in [2.05, 4.69) is 10.6 Å². The summed E-state index contributed by atoms with van der Waals surface area (Å²) in [6.07, 6.45) is 2.04. The Kier molecular flexibility index (Phi) is 5.96. The van der Waals surface area contributed by atoms with Crippen molar-refractivity contribution < 1.29 is 4.79 Å². The first-order valence-corrected chi connectivity index (χ1v) is 8.17. The highest BCUT2D eigenvalue weighted by atomic mass is 35.5. The van der Waals surface area contributed by atoms with Gasteiger partial charge in [0.25, 0.3) is 0 Å². The number of carbonyl (C=O) groups is 1. The van der Waals surface area contributed by atoms with E-state index in [0.717, 1.165) is 11.1 Å². The third-order valence-corrected chi connectivity index (χ3v) is 3.97. The van der Waals surface area contributed by atoms with Crippen molar-refractivity contribution in [2.45, 2.75) is 18.0 Å². The van der Waals surface area contributed by atoms with Crippen LogP contribution in [0.15, 0.2) is 53.4 Å². The summed E-state index contributed by atoms with van der Waals surface area (Å²) in [5.74, 6) is 0. The van der Waals surface area contributed by atoms with Crippen molar-refractivity contribution in [2.75, 3.05) is 6.26 Å². The predicted octanol–water partition coefficient (Wildman–Crippen LogP) is 4.06. The maximum Gasteiger partial charge on any atom is 0.315 e. The van der Waals surface area contributed by atoms with Crippen LogP contribution < -0.4 is 10.6 Å². The second-order valence-electron chi connectivity index (χ2n) is 4.51. The number of hydrogen-bond acceptors (Lipinski definition) is 2. The second kappa shape index (κ2) is 7.96. The number of amides is 2. The molecule has 110 valence electrons. The number of halogens is 1. The molecule has 3 nitrogen and oxygen atoms in total. The molecular formula is C16H17ClN2OS. The van der Waals surface area contributed by atoms with E-state index in [9.17, 15) is 4.79 Å². The van der Waals surface area contributed by atoms with E-state index in [1.165, 1.54) is 4.90 Å².